The minimum atomic E-state index is -0.174. The summed E-state index contributed by atoms with van der Waals surface area (Å²) in [6, 6.07) is 7.33. The van der Waals surface area contributed by atoms with Gasteiger partial charge in [0.05, 0.1) is 21.5 Å². The standard InChI is InChI=1S/C20H22Cl2N4OS2/c1-3-6-14-10-13(11-28-14)19-24-25-20(26(19)9-4-2)29-12-17(27)23-16-8-5-7-15(21)18(16)22/h5,7-8,10-11H,3-4,6,9,12H2,1-2H3,(H,23,27). The van der Waals surface area contributed by atoms with Gasteiger partial charge in [-0.3, -0.25) is 4.79 Å². The van der Waals surface area contributed by atoms with Gasteiger partial charge in [-0.2, -0.15) is 0 Å². The average Bonchev–Trinajstić information content (AvgIpc) is 3.31. The zero-order valence-corrected chi connectivity index (χ0v) is 19.4. The maximum atomic E-state index is 12.4. The molecule has 5 nitrogen and oxygen atoms in total. The van der Waals surface area contributed by atoms with E-state index in [9.17, 15) is 4.79 Å². The first kappa shape index (κ1) is 22.2. The van der Waals surface area contributed by atoms with Crippen LogP contribution in [0.2, 0.25) is 10.0 Å². The van der Waals surface area contributed by atoms with Crippen LogP contribution in [0.5, 0.6) is 0 Å². The Morgan fingerprint density at radius 1 is 1.24 bits per heavy atom. The van der Waals surface area contributed by atoms with Crippen molar-refractivity contribution >= 4 is 57.9 Å². The fraction of sp³-hybridized carbons (Fsp3) is 0.350. The number of thioether (sulfide) groups is 1. The third-order valence-electron chi connectivity index (χ3n) is 4.13. The van der Waals surface area contributed by atoms with Crippen LogP contribution in [-0.4, -0.2) is 26.4 Å². The van der Waals surface area contributed by atoms with E-state index >= 15 is 0 Å². The topological polar surface area (TPSA) is 59.8 Å². The third-order valence-corrected chi connectivity index (χ3v) is 6.91. The summed E-state index contributed by atoms with van der Waals surface area (Å²) in [5, 5.41) is 15.1. The van der Waals surface area contributed by atoms with Crippen molar-refractivity contribution in [1.82, 2.24) is 14.8 Å². The Balaban J connectivity index is 1.71. The highest BCUT2D eigenvalue weighted by Crippen LogP contribution is 2.31. The van der Waals surface area contributed by atoms with Crippen molar-refractivity contribution in [2.24, 2.45) is 0 Å². The van der Waals surface area contributed by atoms with Crippen LogP contribution in [0.3, 0.4) is 0 Å². The number of aromatic nitrogens is 3. The number of thiophene rings is 1. The molecule has 0 atom stereocenters. The molecule has 3 aromatic rings. The number of nitrogens with zero attached hydrogens (tertiary/aromatic N) is 3. The molecule has 0 fully saturated rings. The van der Waals surface area contributed by atoms with E-state index in [0.29, 0.717) is 15.7 Å². The lowest BCUT2D eigenvalue weighted by Gasteiger charge is -2.09. The molecule has 0 saturated heterocycles. The summed E-state index contributed by atoms with van der Waals surface area (Å²) in [4.78, 5) is 13.7. The Kier molecular flexibility index (Phi) is 8.00. The van der Waals surface area contributed by atoms with Crippen LogP contribution in [0.25, 0.3) is 11.4 Å². The Labute approximate surface area is 188 Å². The number of hydrogen-bond acceptors (Lipinski definition) is 5. The molecule has 2 heterocycles. The molecule has 1 N–H and O–H groups in total. The van der Waals surface area contributed by atoms with E-state index in [4.69, 9.17) is 23.2 Å². The van der Waals surface area contributed by atoms with Gasteiger partial charge in [0.1, 0.15) is 0 Å². The van der Waals surface area contributed by atoms with E-state index < -0.39 is 0 Å². The van der Waals surface area contributed by atoms with Gasteiger partial charge in [-0.25, -0.2) is 0 Å². The van der Waals surface area contributed by atoms with Gasteiger partial charge in [0, 0.05) is 22.4 Å². The number of hydrogen-bond donors (Lipinski definition) is 1. The van der Waals surface area contributed by atoms with Gasteiger partial charge in [-0.05, 0) is 31.0 Å². The quantitative estimate of drug-likeness (QED) is 0.368. The summed E-state index contributed by atoms with van der Waals surface area (Å²) in [7, 11) is 0. The number of nitrogens with one attached hydrogen (secondary N) is 1. The molecule has 0 aliphatic heterocycles. The smallest absolute Gasteiger partial charge is 0.234 e. The van der Waals surface area contributed by atoms with Gasteiger partial charge in [0.15, 0.2) is 11.0 Å². The number of amides is 1. The predicted octanol–water partition coefficient (Wildman–Crippen LogP) is 6.41. The molecule has 154 valence electrons. The first-order valence-electron chi connectivity index (χ1n) is 9.41. The Hall–Kier alpha value is -1.54. The number of benzene rings is 1. The zero-order chi connectivity index (χ0) is 20.8. The fourth-order valence-electron chi connectivity index (χ4n) is 2.83. The second-order valence-electron chi connectivity index (χ2n) is 6.45. The number of aryl methyl sites for hydroxylation is 1. The van der Waals surface area contributed by atoms with E-state index in [1.54, 1.807) is 29.5 Å². The van der Waals surface area contributed by atoms with Crippen molar-refractivity contribution in [2.45, 2.75) is 44.8 Å². The molecule has 2 aromatic heterocycles. The highest BCUT2D eigenvalue weighted by atomic mass is 35.5. The molecule has 0 aliphatic carbocycles. The van der Waals surface area contributed by atoms with Crippen LogP contribution >= 0.6 is 46.3 Å². The Bertz CT molecular complexity index is 987. The summed E-state index contributed by atoms with van der Waals surface area (Å²) < 4.78 is 2.09. The summed E-state index contributed by atoms with van der Waals surface area (Å²) in [6.45, 7) is 5.09. The van der Waals surface area contributed by atoms with Crippen LogP contribution in [0.15, 0.2) is 34.8 Å². The molecule has 29 heavy (non-hydrogen) atoms. The predicted molar refractivity (Wildman–Crippen MR) is 123 cm³/mol. The number of carbonyl (C=O) groups excluding carboxylic acids is 1. The summed E-state index contributed by atoms with van der Waals surface area (Å²) in [6.07, 6.45) is 3.14. The molecular formula is C20H22Cl2N4OS2. The molecule has 1 aromatic carbocycles. The average molecular weight is 469 g/mol. The van der Waals surface area contributed by atoms with Crippen molar-refractivity contribution < 1.29 is 4.79 Å². The highest BCUT2D eigenvalue weighted by Gasteiger charge is 2.17. The second-order valence-corrected chi connectivity index (χ2v) is 9.17. The van der Waals surface area contributed by atoms with Crippen molar-refractivity contribution in [2.75, 3.05) is 11.1 Å². The maximum absolute atomic E-state index is 12.4. The van der Waals surface area contributed by atoms with Crippen LogP contribution in [0.4, 0.5) is 5.69 Å². The molecule has 0 saturated carbocycles. The lowest BCUT2D eigenvalue weighted by Crippen LogP contribution is -2.15. The normalized spacial score (nSPS) is 11.0. The van der Waals surface area contributed by atoms with Crippen molar-refractivity contribution in [3.63, 3.8) is 0 Å². The SMILES string of the molecule is CCCc1cc(-c2nnc(SCC(=O)Nc3cccc(Cl)c3Cl)n2CCC)cs1. The fourth-order valence-corrected chi connectivity index (χ4v) is 4.91. The molecular weight excluding hydrogens is 447 g/mol. The van der Waals surface area contributed by atoms with Gasteiger partial charge in [-0.15, -0.1) is 21.5 Å². The van der Waals surface area contributed by atoms with E-state index in [-0.39, 0.29) is 11.7 Å². The Morgan fingerprint density at radius 2 is 2.07 bits per heavy atom. The minimum Gasteiger partial charge on any atom is -0.324 e. The largest absolute Gasteiger partial charge is 0.324 e. The molecule has 0 unspecified atom stereocenters. The van der Waals surface area contributed by atoms with Crippen LogP contribution in [-0.2, 0) is 17.8 Å². The summed E-state index contributed by atoms with van der Waals surface area (Å²) in [5.41, 5.74) is 1.59. The Morgan fingerprint density at radius 3 is 2.83 bits per heavy atom. The lowest BCUT2D eigenvalue weighted by molar-refractivity contribution is -0.113. The van der Waals surface area contributed by atoms with Crippen molar-refractivity contribution in [1.29, 1.82) is 0 Å². The third kappa shape index (κ3) is 5.54. The number of rotatable bonds is 9. The molecule has 0 bridgehead atoms. The van der Waals surface area contributed by atoms with Crippen molar-refractivity contribution in [3.05, 3.63) is 44.6 Å². The number of carbonyl (C=O) groups is 1. The van der Waals surface area contributed by atoms with Crippen LogP contribution in [0.1, 0.15) is 31.6 Å². The molecule has 0 aliphatic rings. The monoisotopic (exact) mass is 468 g/mol. The van der Waals surface area contributed by atoms with E-state index in [1.165, 1.54) is 16.6 Å². The highest BCUT2D eigenvalue weighted by molar-refractivity contribution is 7.99. The van der Waals surface area contributed by atoms with Crippen molar-refractivity contribution in [3.8, 4) is 11.4 Å². The maximum Gasteiger partial charge on any atom is 0.234 e. The molecule has 1 amide bonds. The van der Waals surface area contributed by atoms with E-state index in [1.807, 2.05) is 0 Å². The van der Waals surface area contributed by atoms with Crippen LogP contribution in [0, 0.1) is 0 Å². The van der Waals surface area contributed by atoms with Gasteiger partial charge in [-0.1, -0.05) is 61.3 Å². The zero-order valence-electron chi connectivity index (χ0n) is 16.2. The number of anilines is 1. The van der Waals surface area contributed by atoms with Gasteiger partial charge in [0.2, 0.25) is 5.91 Å². The first-order chi connectivity index (χ1) is 14.0. The second kappa shape index (κ2) is 10.5. The molecule has 3 rings (SSSR count). The summed E-state index contributed by atoms with van der Waals surface area (Å²) >= 11 is 15.2. The van der Waals surface area contributed by atoms with Gasteiger partial charge < -0.3 is 9.88 Å². The van der Waals surface area contributed by atoms with Gasteiger partial charge in [0.25, 0.3) is 0 Å². The minimum absolute atomic E-state index is 0.174. The summed E-state index contributed by atoms with van der Waals surface area (Å²) in [5.74, 6) is 0.883. The molecule has 9 heteroatoms. The molecule has 0 radical (unpaired) electrons. The van der Waals surface area contributed by atoms with E-state index in [0.717, 1.165) is 42.4 Å². The first-order valence-corrected chi connectivity index (χ1v) is 12.0. The van der Waals surface area contributed by atoms with Crippen LogP contribution < -0.4 is 5.32 Å². The van der Waals surface area contributed by atoms with Gasteiger partial charge >= 0.3 is 0 Å². The van der Waals surface area contributed by atoms with E-state index in [2.05, 4.69) is 45.4 Å². The molecule has 0 spiro atoms. The lowest BCUT2D eigenvalue weighted by atomic mass is 10.2. The number of halogens is 2.